The van der Waals surface area contributed by atoms with E-state index in [1.54, 1.807) is 6.20 Å². The molecule has 2 nitrogen and oxygen atoms in total. The second-order valence-corrected chi connectivity index (χ2v) is 3.21. The summed E-state index contributed by atoms with van der Waals surface area (Å²) in [6, 6.07) is 3.91. The third-order valence-electron chi connectivity index (χ3n) is 2.04. The zero-order valence-corrected chi connectivity index (χ0v) is 9.17. The molecule has 0 unspecified atom stereocenters. The third kappa shape index (κ3) is 2.48. The average molecular weight is 211 g/mol. The van der Waals surface area contributed by atoms with Crippen LogP contribution in [0.3, 0.4) is 0 Å². The Morgan fingerprint density at radius 2 is 2.43 bits per heavy atom. The highest BCUT2D eigenvalue weighted by atomic mass is 35.5. The molecular weight excluding hydrogens is 196 g/mol. The smallest absolute Gasteiger partial charge is 0.133 e. The number of hydrogen-bond acceptors (Lipinski definition) is 2. The Labute approximate surface area is 90.2 Å². The van der Waals surface area contributed by atoms with Gasteiger partial charge in [-0.15, -0.1) is 18.2 Å². The monoisotopic (exact) mass is 210 g/mol. The highest BCUT2D eigenvalue weighted by molar-refractivity contribution is 6.17. The van der Waals surface area contributed by atoms with Gasteiger partial charge < -0.3 is 4.90 Å². The van der Waals surface area contributed by atoms with Crippen molar-refractivity contribution in [2.45, 2.75) is 12.8 Å². The number of halogens is 1. The zero-order chi connectivity index (χ0) is 10.4. The molecule has 14 heavy (non-hydrogen) atoms. The zero-order valence-electron chi connectivity index (χ0n) is 8.41. The maximum Gasteiger partial charge on any atom is 0.133 e. The van der Waals surface area contributed by atoms with Crippen molar-refractivity contribution in [3.63, 3.8) is 0 Å². The van der Waals surface area contributed by atoms with Crippen LogP contribution in [0.4, 0.5) is 5.82 Å². The predicted octanol–water partition coefficient (Wildman–Crippen LogP) is 2.83. The molecule has 0 N–H and O–H groups in total. The summed E-state index contributed by atoms with van der Waals surface area (Å²) in [4.78, 5) is 6.48. The molecule has 76 valence electrons. The minimum atomic E-state index is 0.497. The summed E-state index contributed by atoms with van der Waals surface area (Å²) in [5, 5.41) is 0. The molecule has 0 saturated heterocycles. The number of pyridine rings is 1. The van der Waals surface area contributed by atoms with Crippen molar-refractivity contribution in [2.75, 3.05) is 18.0 Å². The molecule has 0 atom stereocenters. The topological polar surface area (TPSA) is 16.1 Å². The van der Waals surface area contributed by atoms with E-state index in [1.165, 1.54) is 0 Å². The minimum Gasteiger partial charge on any atom is -0.353 e. The maximum absolute atomic E-state index is 5.84. The van der Waals surface area contributed by atoms with Gasteiger partial charge in [-0.2, -0.15) is 0 Å². The van der Waals surface area contributed by atoms with Gasteiger partial charge in [0, 0.05) is 24.8 Å². The van der Waals surface area contributed by atoms with Crippen LogP contribution < -0.4 is 4.90 Å². The molecule has 0 aromatic carbocycles. The molecule has 0 aliphatic heterocycles. The van der Waals surface area contributed by atoms with Crippen LogP contribution in [0.15, 0.2) is 31.0 Å². The summed E-state index contributed by atoms with van der Waals surface area (Å²) in [7, 11) is 0. The molecule has 1 aromatic heterocycles. The lowest BCUT2D eigenvalue weighted by atomic mass is 10.2. The van der Waals surface area contributed by atoms with Crippen LogP contribution in [0.1, 0.15) is 12.5 Å². The van der Waals surface area contributed by atoms with E-state index in [-0.39, 0.29) is 0 Å². The van der Waals surface area contributed by atoms with E-state index in [0.29, 0.717) is 5.88 Å². The largest absolute Gasteiger partial charge is 0.353 e. The predicted molar refractivity (Wildman–Crippen MR) is 61.9 cm³/mol. The molecule has 0 aliphatic carbocycles. The van der Waals surface area contributed by atoms with Crippen LogP contribution in [0.5, 0.6) is 0 Å². The van der Waals surface area contributed by atoms with Gasteiger partial charge in [0.2, 0.25) is 0 Å². The number of aromatic nitrogens is 1. The van der Waals surface area contributed by atoms with Gasteiger partial charge in [0.1, 0.15) is 5.82 Å². The van der Waals surface area contributed by atoms with E-state index in [9.17, 15) is 0 Å². The van der Waals surface area contributed by atoms with E-state index in [0.717, 1.165) is 24.5 Å². The Bertz CT molecular complexity index is 299. The first kappa shape index (κ1) is 11.1. The third-order valence-corrected chi connectivity index (χ3v) is 2.33. The molecule has 0 fully saturated rings. The van der Waals surface area contributed by atoms with E-state index in [4.69, 9.17) is 11.6 Å². The number of nitrogens with zero attached hydrogens (tertiary/aromatic N) is 2. The van der Waals surface area contributed by atoms with Gasteiger partial charge in [0.05, 0.1) is 5.88 Å². The van der Waals surface area contributed by atoms with Crippen molar-refractivity contribution in [2.24, 2.45) is 0 Å². The van der Waals surface area contributed by atoms with Gasteiger partial charge in [-0.25, -0.2) is 4.98 Å². The first-order valence-corrected chi connectivity index (χ1v) is 5.22. The number of rotatable bonds is 5. The fourth-order valence-electron chi connectivity index (χ4n) is 1.34. The molecule has 1 aromatic rings. The summed E-state index contributed by atoms with van der Waals surface area (Å²) in [6.07, 6.45) is 3.66. The highest BCUT2D eigenvalue weighted by Crippen LogP contribution is 2.18. The SMILES string of the molecule is C=CCN(CC)c1ncccc1CCl. The quantitative estimate of drug-likeness (QED) is 0.549. The van der Waals surface area contributed by atoms with E-state index >= 15 is 0 Å². The molecule has 0 saturated carbocycles. The minimum absolute atomic E-state index is 0.497. The van der Waals surface area contributed by atoms with Crippen LogP contribution in [0.25, 0.3) is 0 Å². The van der Waals surface area contributed by atoms with Crippen LogP contribution in [-0.2, 0) is 5.88 Å². The Morgan fingerprint density at radius 3 is 3.00 bits per heavy atom. The van der Waals surface area contributed by atoms with Crippen molar-refractivity contribution >= 4 is 17.4 Å². The molecule has 1 rings (SSSR count). The second kappa shape index (κ2) is 5.66. The first-order chi connectivity index (χ1) is 6.83. The van der Waals surface area contributed by atoms with E-state index in [2.05, 4.69) is 23.4 Å². The number of anilines is 1. The van der Waals surface area contributed by atoms with Gasteiger partial charge in [-0.05, 0) is 13.0 Å². The van der Waals surface area contributed by atoms with Crippen LogP contribution in [0.2, 0.25) is 0 Å². The van der Waals surface area contributed by atoms with E-state index in [1.807, 2.05) is 18.2 Å². The summed E-state index contributed by atoms with van der Waals surface area (Å²) in [5.74, 6) is 1.46. The van der Waals surface area contributed by atoms with Crippen LogP contribution >= 0.6 is 11.6 Å². The van der Waals surface area contributed by atoms with Gasteiger partial charge >= 0.3 is 0 Å². The molecule has 0 spiro atoms. The number of hydrogen-bond donors (Lipinski definition) is 0. The summed E-state index contributed by atoms with van der Waals surface area (Å²) in [5.41, 5.74) is 1.07. The lowest BCUT2D eigenvalue weighted by Crippen LogP contribution is -2.24. The summed E-state index contributed by atoms with van der Waals surface area (Å²) in [6.45, 7) is 7.53. The molecule has 0 aliphatic rings. The van der Waals surface area contributed by atoms with Crippen LogP contribution in [-0.4, -0.2) is 18.1 Å². The normalized spacial score (nSPS) is 9.86. The maximum atomic E-state index is 5.84. The van der Waals surface area contributed by atoms with Crippen molar-refractivity contribution in [1.29, 1.82) is 0 Å². The fourth-order valence-corrected chi connectivity index (χ4v) is 1.55. The molecule has 3 heteroatoms. The van der Waals surface area contributed by atoms with Gasteiger partial charge in [-0.3, -0.25) is 0 Å². The standard InChI is InChI=1S/C11H15ClN2/c1-3-8-14(4-2)11-10(9-12)6-5-7-13-11/h3,5-7H,1,4,8-9H2,2H3. The Hall–Kier alpha value is -1.02. The van der Waals surface area contributed by atoms with Gasteiger partial charge in [0.15, 0.2) is 0 Å². The van der Waals surface area contributed by atoms with Crippen LogP contribution in [0, 0.1) is 0 Å². The van der Waals surface area contributed by atoms with Crippen molar-refractivity contribution in [1.82, 2.24) is 4.98 Å². The Balaban J connectivity index is 2.95. The van der Waals surface area contributed by atoms with Crippen molar-refractivity contribution < 1.29 is 0 Å². The second-order valence-electron chi connectivity index (χ2n) is 2.95. The Morgan fingerprint density at radius 1 is 1.64 bits per heavy atom. The van der Waals surface area contributed by atoms with Gasteiger partial charge in [-0.1, -0.05) is 12.1 Å². The van der Waals surface area contributed by atoms with Crippen molar-refractivity contribution in [3.05, 3.63) is 36.5 Å². The molecular formula is C11H15ClN2. The van der Waals surface area contributed by atoms with E-state index < -0.39 is 0 Å². The van der Waals surface area contributed by atoms with Crippen molar-refractivity contribution in [3.8, 4) is 0 Å². The number of alkyl halides is 1. The molecule has 0 amide bonds. The molecule has 1 heterocycles. The molecule has 0 bridgehead atoms. The first-order valence-electron chi connectivity index (χ1n) is 4.69. The lowest BCUT2D eigenvalue weighted by Gasteiger charge is -2.22. The summed E-state index contributed by atoms with van der Waals surface area (Å²) >= 11 is 5.84. The lowest BCUT2D eigenvalue weighted by molar-refractivity contribution is 0.874. The number of likely N-dealkylation sites (N-methyl/N-ethyl adjacent to an activating group) is 1. The highest BCUT2D eigenvalue weighted by Gasteiger charge is 2.07. The van der Waals surface area contributed by atoms with Gasteiger partial charge in [0.25, 0.3) is 0 Å². The average Bonchev–Trinajstić information content (AvgIpc) is 2.26. The fraction of sp³-hybridized carbons (Fsp3) is 0.364. The Kier molecular flexibility index (Phi) is 4.47. The summed E-state index contributed by atoms with van der Waals surface area (Å²) < 4.78 is 0. The molecule has 0 radical (unpaired) electrons.